The molecule has 12 nitrogen and oxygen atoms in total. The second-order valence-corrected chi connectivity index (χ2v) is 10.8. The lowest BCUT2D eigenvalue weighted by Crippen LogP contribution is -2.90. The fourth-order valence-electron chi connectivity index (χ4n) is 6.27. The van der Waals surface area contributed by atoms with E-state index in [0.29, 0.717) is 5.56 Å². The van der Waals surface area contributed by atoms with Crippen LogP contribution in [0, 0.1) is 0 Å². The van der Waals surface area contributed by atoms with E-state index in [2.05, 4.69) is 15.3 Å². The Morgan fingerprint density at radius 3 is 2.48 bits per heavy atom. The molecule has 4 aliphatic heterocycles. The maximum atomic E-state index is 13.6. The highest BCUT2D eigenvalue weighted by Crippen LogP contribution is 2.44. The summed E-state index contributed by atoms with van der Waals surface area (Å²) < 4.78 is 85.9. The van der Waals surface area contributed by atoms with E-state index in [1.807, 2.05) is 0 Å². The molecule has 0 aliphatic carbocycles. The number of esters is 1. The average Bonchev–Trinajstić information content (AvgIpc) is 3.53. The normalized spacial score (nSPS) is 27.3. The van der Waals surface area contributed by atoms with Crippen LogP contribution in [-0.4, -0.2) is 86.5 Å². The Bertz CT molecular complexity index is 1630. The third-order valence-corrected chi connectivity index (χ3v) is 8.25. The van der Waals surface area contributed by atoms with E-state index in [1.165, 1.54) is 4.90 Å². The number of rotatable bonds is 4. The lowest BCUT2D eigenvalue weighted by Gasteiger charge is -2.46. The highest BCUT2D eigenvalue weighted by atomic mass is 19.4. The standard InChI is InChI=1S/C26H23F6N7O5/c27-25(28,29)12-5-6-15(26(30,31)32)14(7-12)20(41)44-17-10-39-22(34)35-16(18-23(39,24(17,42)43)37-21(33)36-18)9-38-8-11-3-1-2-4-13(11)19(38)40/h1-7,16-18,42-43H,8-10H2,(H2,34,35)(H3,33,36,37)/p+1/t16-,17-,18-,23-/m0/s1. The molecule has 4 heterocycles. The van der Waals surface area contributed by atoms with Crippen molar-refractivity contribution in [2.75, 3.05) is 13.1 Å². The van der Waals surface area contributed by atoms with Crippen LogP contribution in [0.15, 0.2) is 47.5 Å². The van der Waals surface area contributed by atoms with Crippen molar-refractivity contribution in [3.8, 4) is 0 Å². The van der Waals surface area contributed by atoms with E-state index >= 15 is 0 Å². The number of alkyl halides is 6. The van der Waals surface area contributed by atoms with Crippen molar-refractivity contribution in [3.63, 3.8) is 0 Å². The molecule has 1 saturated heterocycles. The van der Waals surface area contributed by atoms with E-state index in [9.17, 15) is 46.1 Å². The number of amides is 1. The largest absolute Gasteiger partial charge is 0.451 e. The number of hydrogen-bond donors (Lipinski definition) is 6. The van der Waals surface area contributed by atoms with Crippen LogP contribution in [0.5, 0.6) is 0 Å². The van der Waals surface area contributed by atoms with Crippen molar-refractivity contribution in [2.24, 2.45) is 16.5 Å². The first-order valence-electron chi connectivity index (χ1n) is 13.0. The zero-order valence-corrected chi connectivity index (χ0v) is 22.3. The van der Waals surface area contributed by atoms with Gasteiger partial charge >= 0.3 is 24.3 Å². The van der Waals surface area contributed by atoms with Gasteiger partial charge < -0.3 is 25.6 Å². The van der Waals surface area contributed by atoms with E-state index in [4.69, 9.17) is 16.2 Å². The molecule has 0 unspecified atom stereocenters. The molecule has 1 spiro atoms. The molecule has 18 heteroatoms. The van der Waals surface area contributed by atoms with Gasteiger partial charge in [0.1, 0.15) is 6.04 Å². The van der Waals surface area contributed by atoms with E-state index in [1.54, 1.807) is 24.3 Å². The summed E-state index contributed by atoms with van der Waals surface area (Å²) in [6, 6.07) is 4.96. The van der Waals surface area contributed by atoms with Gasteiger partial charge in [0.15, 0.2) is 18.1 Å². The number of hydrogen-bond acceptors (Lipinski definition) is 10. The van der Waals surface area contributed by atoms with Gasteiger partial charge in [0.2, 0.25) is 0 Å². The zero-order valence-electron chi connectivity index (χ0n) is 22.3. The lowest BCUT2D eigenvalue weighted by atomic mass is 9.85. The molecule has 0 bridgehead atoms. The van der Waals surface area contributed by atoms with Gasteiger partial charge in [-0.3, -0.25) is 20.4 Å². The molecule has 0 radical (unpaired) electrons. The predicted molar refractivity (Wildman–Crippen MR) is 136 cm³/mol. The summed E-state index contributed by atoms with van der Waals surface area (Å²) in [6.45, 7) is -0.525. The van der Waals surface area contributed by atoms with Crippen LogP contribution in [0.25, 0.3) is 0 Å². The number of halogens is 6. The first kappa shape index (κ1) is 29.5. The van der Waals surface area contributed by atoms with Crippen molar-refractivity contribution in [1.82, 2.24) is 15.1 Å². The number of nitrogens with zero attached hydrogens (tertiary/aromatic N) is 3. The number of aliphatic imine (C=N–C) groups is 1. The maximum absolute atomic E-state index is 13.6. The van der Waals surface area contributed by atoms with E-state index in [-0.39, 0.29) is 49.1 Å². The molecule has 8 N–H and O–H groups in total. The van der Waals surface area contributed by atoms with Crippen molar-refractivity contribution < 1.29 is 55.9 Å². The van der Waals surface area contributed by atoms with Crippen LogP contribution in [0.3, 0.4) is 0 Å². The van der Waals surface area contributed by atoms with Crippen molar-refractivity contribution >= 4 is 23.8 Å². The van der Waals surface area contributed by atoms with Gasteiger partial charge in [-0.15, -0.1) is 0 Å². The summed E-state index contributed by atoms with van der Waals surface area (Å²) in [5.74, 6) is -5.89. The van der Waals surface area contributed by atoms with Crippen LogP contribution in [0.1, 0.15) is 37.4 Å². The smallest absolute Gasteiger partial charge is 0.417 e. The molecule has 6 rings (SSSR count). The van der Waals surface area contributed by atoms with Crippen LogP contribution < -0.4 is 21.8 Å². The van der Waals surface area contributed by atoms with Crippen LogP contribution in [0.2, 0.25) is 0 Å². The number of ether oxygens (including phenoxy) is 1. The minimum atomic E-state index is -5.25. The Balaban J connectivity index is 1.32. The second-order valence-electron chi connectivity index (χ2n) is 10.8. The summed E-state index contributed by atoms with van der Waals surface area (Å²) in [5.41, 5.74) is 6.50. The molecular weight excluding hydrogens is 604 g/mol. The quantitative estimate of drug-likeness (QED) is 0.136. The van der Waals surface area contributed by atoms with Crippen LogP contribution >= 0.6 is 0 Å². The number of aliphatic hydroxyl groups is 2. The molecule has 2 aromatic rings. The first-order valence-corrected chi connectivity index (χ1v) is 13.0. The molecule has 0 saturated carbocycles. The number of benzene rings is 2. The Morgan fingerprint density at radius 1 is 1.11 bits per heavy atom. The van der Waals surface area contributed by atoms with Gasteiger partial charge in [-0.05, 0) is 29.8 Å². The molecule has 0 aromatic heterocycles. The van der Waals surface area contributed by atoms with Gasteiger partial charge in [0.25, 0.3) is 17.4 Å². The first-order chi connectivity index (χ1) is 20.4. The zero-order chi connectivity index (χ0) is 32.0. The lowest BCUT2D eigenvalue weighted by molar-refractivity contribution is -0.522. The molecule has 4 aliphatic rings. The fraction of sp³-hybridized carbons (Fsp3) is 0.385. The van der Waals surface area contributed by atoms with Crippen molar-refractivity contribution in [2.45, 2.75) is 48.5 Å². The van der Waals surface area contributed by atoms with Gasteiger partial charge in [0.05, 0.1) is 23.2 Å². The van der Waals surface area contributed by atoms with Crippen LogP contribution in [-0.2, 0) is 23.6 Å². The highest BCUT2D eigenvalue weighted by molar-refractivity contribution is 5.98. The van der Waals surface area contributed by atoms with Gasteiger partial charge in [0, 0.05) is 18.7 Å². The third kappa shape index (κ3) is 4.30. The number of carbonyl (C=O) groups is 2. The number of fused-ring (bicyclic) bond motifs is 1. The molecule has 1 fully saturated rings. The minimum absolute atomic E-state index is 0.0248. The summed E-state index contributed by atoms with van der Waals surface area (Å²) in [5, 5.41) is 25.7. The Labute approximate surface area is 243 Å². The number of nitrogens with two attached hydrogens (primary N) is 2. The molecule has 2 aromatic carbocycles. The predicted octanol–water partition coefficient (Wildman–Crippen LogP) is -1.34. The second kappa shape index (κ2) is 9.46. The highest BCUT2D eigenvalue weighted by Gasteiger charge is 2.77. The fourth-order valence-corrected chi connectivity index (χ4v) is 6.27. The summed E-state index contributed by atoms with van der Waals surface area (Å²) >= 11 is 0. The Kier molecular flexibility index (Phi) is 6.34. The molecule has 234 valence electrons. The summed E-state index contributed by atoms with van der Waals surface area (Å²) in [6.07, 6.45) is -12.4. The topological polar surface area (TPSA) is 181 Å². The van der Waals surface area contributed by atoms with E-state index < -0.39 is 71.2 Å². The molecular formula is C26H24F6N7O5+. The van der Waals surface area contributed by atoms with Crippen molar-refractivity contribution in [1.29, 1.82) is 0 Å². The molecule has 4 atom stereocenters. The summed E-state index contributed by atoms with van der Waals surface area (Å²) in [4.78, 5) is 35.8. The Morgan fingerprint density at radius 2 is 1.82 bits per heavy atom. The van der Waals surface area contributed by atoms with Gasteiger partial charge in [-0.25, -0.2) is 15.1 Å². The number of carbonyl (C=O) groups excluding carboxylic acids is 2. The number of guanidine groups is 2. The molecule has 44 heavy (non-hydrogen) atoms. The monoisotopic (exact) mass is 628 g/mol. The van der Waals surface area contributed by atoms with Crippen molar-refractivity contribution in [3.05, 3.63) is 70.3 Å². The van der Waals surface area contributed by atoms with E-state index in [0.717, 1.165) is 10.5 Å². The number of nitrogens with one attached hydrogen (secondary N) is 2. The van der Waals surface area contributed by atoms with Gasteiger partial charge in [-0.2, -0.15) is 26.3 Å². The minimum Gasteiger partial charge on any atom is -0.451 e. The van der Waals surface area contributed by atoms with Crippen LogP contribution in [0.4, 0.5) is 26.3 Å². The SMILES string of the molecule is NC1=N[C@@H](CN2Cc3ccccc3C2=O)[C@@H]2[NH+]=C(N)N[C@]23N1C[C@H](OC(=O)c1cc(C(F)(F)F)ccc1C(F)(F)F)C3(O)O. The Hall–Kier alpha value is -4.58. The third-order valence-electron chi connectivity index (χ3n) is 8.25. The summed E-state index contributed by atoms with van der Waals surface area (Å²) in [7, 11) is 0. The maximum Gasteiger partial charge on any atom is 0.417 e. The van der Waals surface area contributed by atoms with Gasteiger partial charge in [-0.1, -0.05) is 18.2 Å². The molecule has 1 amide bonds. The average molecular weight is 629 g/mol.